The number of aliphatic hydroxyl groups is 1. The summed E-state index contributed by atoms with van der Waals surface area (Å²) in [5, 5.41) is 8.96. The second-order valence-corrected chi connectivity index (χ2v) is 2.95. The molecule has 0 aromatic rings. The molecule has 0 saturated carbocycles. The summed E-state index contributed by atoms with van der Waals surface area (Å²) in [7, 11) is 0. The standard InChI is InChI=1S/C11H16O/c1-5-10(9(3)4)7-8-11(12)6-2/h2,7-9,12H,5H2,1,3-4H3/b10-7+,11-8+. The maximum Gasteiger partial charge on any atom is 0.166 e. The molecule has 0 rings (SSSR count). The summed E-state index contributed by atoms with van der Waals surface area (Å²) in [4.78, 5) is 0. The van der Waals surface area contributed by atoms with Gasteiger partial charge in [0.2, 0.25) is 0 Å². The van der Waals surface area contributed by atoms with Crippen molar-refractivity contribution in [1.82, 2.24) is 0 Å². The number of rotatable bonds is 3. The van der Waals surface area contributed by atoms with Crippen LogP contribution < -0.4 is 0 Å². The predicted octanol–water partition coefficient (Wildman–Crippen LogP) is 3.05. The van der Waals surface area contributed by atoms with Crippen LogP contribution >= 0.6 is 0 Å². The molecule has 0 fully saturated rings. The Morgan fingerprint density at radius 1 is 1.50 bits per heavy atom. The van der Waals surface area contributed by atoms with Crippen molar-refractivity contribution in [3.05, 3.63) is 23.5 Å². The van der Waals surface area contributed by atoms with Crippen molar-refractivity contribution in [2.24, 2.45) is 5.92 Å². The van der Waals surface area contributed by atoms with Crippen LogP contribution in [0.5, 0.6) is 0 Å². The molecule has 0 heterocycles. The molecule has 0 bridgehead atoms. The lowest BCUT2D eigenvalue weighted by Crippen LogP contribution is -1.91. The van der Waals surface area contributed by atoms with Crippen LogP contribution in [0.25, 0.3) is 0 Å². The highest BCUT2D eigenvalue weighted by molar-refractivity contribution is 5.25. The van der Waals surface area contributed by atoms with Crippen LogP contribution in [0.3, 0.4) is 0 Å². The molecule has 0 amide bonds. The molecule has 66 valence electrons. The van der Waals surface area contributed by atoms with E-state index in [-0.39, 0.29) is 5.76 Å². The summed E-state index contributed by atoms with van der Waals surface area (Å²) in [6.45, 7) is 6.33. The number of allylic oxidation sites excluding steroid dienone is 4. The number of hydrogen-bond donors (Lipinski definition) is 1. The molecule has 12 heavy (non-hydrogen) atoms. The first kappa shape index (κ1) is 10.8. The quantitative estimate of drug-likeness (QED) is 0.386. The molecule has 1 heteroatoms. The molecule has 0 unspecified atom stereocenters. The summed E-state index contributed by atoms with van der Waals surface area (Å²) in [6, 6.07) is 0. The van der Waals surface area contributed by atoms with Gasteiger partial charge in [0.05, 0.1) is 0 Å². The van der Waals surface area contributed by atoms with Gasteiger partial charge in [-0.3, -0.25) is 0 Å². The average Bonchev–Trinajstić information content (AvgIpc) is 2.04. The molecule has 0 spiro atoms. The van der Waals surface area contributed by atoms with Crippen LogP contribution in [-0.2, 0) is 0 Å². The van der Waals surface area contributed by atoms with E-state index >= 15 is 0 Å². The van der Waals surface area contributed by atoms with Crippen molar-refractivity contribution < 1.29 is 5.11 Å². The van der Waals surface area contributed by atoms with E-state index < -0.39 is 0 Å². The average molecular weight is 164 g/mol. The van der Waals surface area contributed by atoms with E-state index in [0.717, 1.165) is 6.42 Å². The highest BCUT2D eigenvalue weighted by atomic mass is 16.3. The van der Waals surface area contributed by atoms with Gasteiger partial charge < -0.3 is 5.11 Å². The molecule has 0 aromatic carbocycles. The zero-order chi connectivity index (χ0) is 9.56. The van der Waals surface area contributed by atoms with Crippen LogP contribution in [0.15, 0.2) is 23.5 Å². The minimum absolute atomic E-state index is 0.0124. The zero-order valence-electron chi connectivity index (χ0n) is 7.96. The Morgan fingerprint density at radius 2 is 2.08 bits per heavy atom. The Morgan fingerprint density at radius 3 is 2.42 bits per heavy atom. The zero-order valence-corrected chi connectivity index (χ0v) is 7.96. The van der Waals surface area contributed by atoms with Gasteiger partial charge in [0.15, 0.2) is 5.76 Å². The maximum atomic E-state index is 8.96. The lowest BCUT2D eigenvalue weighted by molar-refractivity contribution is 0.438. The fraction of sp³-hybridized carbons (Fsp3) is 0.455. The second-order valence-electron chi connectivity index (χ2n) is 2.95. The van der Waals surface area contributed by atoms with Gasteiger partial charge in [-0.15, -0.1) is 6.42 Å². The van der Waals surface area contributed by atoms with Crippen LogP contribution in [0.2, 0.25) is 0 Å². The minimum atomic E-state index is -0.0124. The van der Waals surface area contributed by atoms with Gasteiger partial charge >= 0.3 is 0 Å². The van der Waals surface area contributed by atoms with Crippen LogP contribution in [-0.4, -0.2) is 5.11 Å². The number of terminal acetylenes is 1. The predicted molar refractivity (Wildman–Crippen MR) is 52.8 cm³/mol. The molecule has 0 aliphatic rings. The summed E-state index contributed by atoms with van der Waals surface area (Å²) in [6.07, 6.45) is 9.43. The SMILES string of the molecule is C#C/C(O)=C\C=C(/CC)C(C)C. The van der Waals surface area contributed by atoms with Gasteiger partial charge in [-0.1, -0.05) is 32.4 Å². The molecule has 1 N–H and O–H groups in total. The highest BCUT2D eigenvalue weighted by Crippen LogP contribution is 2.13. The van der Waals surface area contributed by atoms with Crippen molar-refractivity contribution in [3.63, 3.8) is 0 Å². The van der Waals surface area contributed by atoms with E-state index in [9.17, 15) is 0 Å². The van der Waals surface area contributed by atoms with Gasteiger partial charge in [-0.25, -0.2) is 0 Å². The van der Waals surface area contributed by atoms with Crippen molar-refractivity contribution in [2.75, 3.05) is 0 Å². The third kappa shape index (κ3) is 3.88. The lowest BCUT2D eigenvalue weighted by atomic mass is 10.0. The minimum Gasteiger partial charge on any atom is -0.501 e. The van der Waals surface area contributed by atoms with Gasteiger partial charge in [0, 0.05) is 0 Å². The smallest absolute Gasteiger partial charge is 0.166 e. The first-order valence-corrected chi connectivity index (χ1v) is 4.18. The molecule has 0 aromatic heterocycles. The van der Waals surface area contributed by atoms with Crippen molar-refractivity contribution in [3.8, 4) is 12.3 Å². The third-order valence-electron chi connectivity index (χ3n) is 1.75. The van der Waals surface area contributed by atoms with Crippen molar-refractivity contribution >= 4 is 0 Å². The van der Waals surface area contributed by atoms with E-state index in [4.69, 9.17) is 11.5 Å². The third-order valence-corrected chi connectivity index (χ3v) is 1.75. The van der Waals surface area contributed by atoms with E-state index in [1.54, 1.807) is 6.08 Å². The van der Waals surface area contributed by atoms with E-state index in [1.165, 1.54) is 5.57 Å². The maximum absolute atomic E-state index is 8.96. The van der Waals surface area contributed by atoms with Gasteiger partial charge in [0.25, 0.3) is 0 Å². The van der Waals surface area contributed by atoms with E-state index in [1.807, 2.05) is 6.08 Å². The Hall–Kier alpha value is -1.16. The largest absolute Gasteiger partial charge is 0.501 e. The van der Waals surface area contributed by atoms with Crippen molar-refractivity contribution in [2.45, 2.75) is 27.2 Å². The fourth-order valence-electron chi connectivity index (χ4n) is 0.953. The summed E-state index contributed by atoms with van der Waals surface area (Å²) in [5.41, 5.74) is 1.29. The van der Waals surface area contributed by atoms with E-state index in [0.29, 0.717) is 5.92 Å². The van der Waals surface area contributed by atoms with Crippen LogP contribution in [0, 0.1) is 18.3 Å². The highest BCUT2D eigenvalue weighted by Gasteiger charge is 1.97. The molecular formula is C11H16O. The first-order valence-electron chi connectivity index (χ1n) is 4.18. The first-order chi connectivity index (χ1) is 5.61. The lowest BCUT2D eigenvalue weighted by Gasteiger charge is -2.06. The van der Waals surface area contributed by atoms with Gasteiger partial charge in [0.1, 0.15) is 0 Å². The molecule has 0 saturated heterocycles. The fourth-order valence-corrected chi connectivity index (χ4v) is 0.953. The van der Waals surface area contributed by atoms with Crippen LogP contribution in [0.4, 0.5) is 0 Å². The molecule has 0 aliphatic carbocycles. The second kappa shape index (κ2) is 5.49. The Kier molecular flexibility index (Phi) is 4.96. The van der Waals surface area contributed by atoms with Crippen molar-refractivity contribution in [1.29, 1.82) is 0 Å². The van der Waals surface area contributed by atoms with Gasteiger partial charge in [-0.2, -0.15) is 0 Å². The monoisotopic (exact) mass is 164 g/mol. The molecule has 0 atom stereocenters. The summed E-state index contributed by atoms with van der Waals surface area (Å²) in [5.74, 6) is 2.65. The normalized spacial score (nSPS) is 13.2. The Balaban J connectivity index is 4.43. The number of hydrogen-bond acceptors (Lipinski definition) is 1. The molecular weight excluding hydrogens is 148 g/mol. The Bertz CT molecular complexity index is 226. The molecule has 1 nitrogen and oxygen atoms in total. The van der Waals surface area contributed by atoms with Crippen LogP contribution in [0.1, 0.15) is 27.2 Å². The molecule has 0 aliphatic heterocycles. The van der Waals surface area contributed by atoms with E-state index in [2.05, 4.69) is 26.7 Å². The molecule has 0 radical (unpaired) electrons. The Labute approximate surface area is 74.8 Å². The summed E-state index contributed by atoms with van der Waals surface area (Å²) < 4.78 is 0. The topological polar surface area (TPSA) is 20.2 Å². The van der Waals surface area contributed by atoms with Gasteiger partial charge in [-0.05, 0) is 24.3 Å². The number of aliphatic hydroxyl groups excluding tert-OH is 1. The summed E-state index contributed by atoms with van der Waals surface area (Å²) >= 11 is 0.